The summed E-state index contributed by atoms with van der Waals surface area (Å²) < 4.78 is 3.15. The Morgan fingerprint density at radius 1 is 0.940 bits per heavy atom. The minimum atomic E-state index is -1.07. The molecule has 4 aliphatic carbocycles. The molecule has 2 N–H and O–H groups in total. The van der Waals surface area contributed by atoms with Crippen molar-refractivity contribution in [3.63, 3.8) is 0 Å². The van der Waals surface area contributed by atoms with Gasteiger partial charge in [0.2, 0.25) is 0 Å². The number of hydrogen-bond donors (Lipinski definition) is 2. The van der Waals surface area contributed by atoms with E-state index in [4.69, 9.17) is 10.1 Å². The van der Waals surface area contributed by atoms with Gasteiger partial charge in [0.25, 0.3) is 5.91 Å². The number of nitrogens with zero attached hydrogens (tertiary/aromatic N) is 5. The number of amides is 1. The van der Waals surface area contributed by atoms with Crippen LogP contribution in [0.1, 0.15) is 90.0 Å². The lowest BCUT2D eigenvalue weighted by molar-refractivity contribution is -0.0638. The Balaban J connectivity index is 1.00. The maximum Gasteiger partial charge on any atom is 0.355 e. The third-order valence-corrected chi connectivity index (χ3v) is 13.0. The molecule has 5 aromatic rings. The average molecular weight is 687 g/mol. The van der Waals surface area contributed by atoms with E-state index in [2.05, 4.69) is 46.7 Å². The lowest BCUT2D eigenvalue weighted by atomic mass is 9.49. The molecule has 0 atom stereocenters. The second kappa shape index (κ2) is 11.5. The summed E-state index contributed by atoms with van der Waals surface area (Å²) in [5.74, 6) is 1.88. The average Bonchev–Trinajstić information content (AvgIpc) is 3.65. The Hall–Kier alpha value is -4.57. The number of fused-ring (bicyclic) bond motifs is 2. The number of rotatable bonds is 7. The van der Waals surface area contributed by atoms with Crippen LogP contribution < -0.4 is 10.2 Å². The lowest BCUT2D eigenvalue weighted by Gasteiger charge is -2.56. The van der Waals surface area contributed by atoms with Gasteiger partial charge in [-0.3, -0.25) is 14.8 Å². The van der Waals surface area contributed by atoms with E-state index in [9.17, 15) is 14.7 Å². The maximum absolute atomic E-state index is 13.7. The van der Waals surface area contributed by atoms with Crippen LogP contribution in [-0.4, -0.2) is 43.3 Å². The van der Waals surface area contributed by atoms with Gasteiger partial charge >= 0.3 is 5.97 Å². The molecule has 1 amide bonds. The van der Waals surface area contributed by atoms with Crippen molar-refractivity contribution in [2.45, 2.75) is 77.8 Å². The van der Waals surface area contributed by atoms with Crippen molar-refractivity contribution in [3.8, 4) is 11.1 Å². The number of benzene rings is 2. The summed E-state index contributed by atoms with van der Waals surface area (Å²) >= 11 is 1.45. The predicted octanol–water partition coefficient (Wildman–Crippen LogP) is 8.33. The molecule has 50 heavy (non-hydrogen) atoms. The molecule has 4 heterocycles. The van der Waals surface area contributed by atoms with Crippen molar-refractivity contribution in [2.24, 2.45) is 23.2 Å². The standard InChI is InChI=1S/C40H42N6O3S/c1-23-29(19-41-46(23)22-40-16-24-13-25(17-40)15-26(14-24)18-40)27-11-12-34(43-35(27)37(48)49)45-20-30-28(7-6-8-31(30)39(2,3)21-45)36(47)44-38-42-32-9-4-5-10-33(32)50-38/h4-12,19,24-26H,13-18,20-22H2,1-3H3,(H,48,49)(H,42,44,47). The molecule has 5 aliphatic rings. The first kappa shape index (κ1) is 31.4. The van der Waals surface area contributed by atoms with E-state index < -0.39 is 5.97 Å². The summed E-state index contributed by atoms with van der Waals surface area (Å²) in [5.41, 5.74) is 5.86. The number of carbonyl (C=O) groups excluding carboxylic acids is 1. The van der Waals surface area contributed by atoms with Crippen LogP contribution in [0, 0.1) is 30.1 Å². The van der Waals surface area contributed by atoms with Crippen LogP contribution >= 0.6 is 11.3 Å². The molecule has 256 valence electrons. The summed E-state index contributed by atoms with van der Waals surface area (Å²) in [5, 5.41) is 18.9. The molecular formula is C40H42N6O3S. The first-order chi connectivity index (χ1) is 24.0. The number of aromatic carboxylic acids is 1. The molecule has 9 nitrogen and oxygen atoms in total. The van der Waals surface area contributed by atoms with E-state index in [0.29, 0.717) is 40.6 Å². The summed E-state index contributed by atoms with van der Waals surface area (Å²) in [6.07, 6.45) is 9.93. The zero-order chi connectivity index (χ0) is 34.4. The molecular weight excluding hydrogens is 645 g/mol. The van der Waals surface area contributed by atoms with Crippen LogP contribution in [-0.2, 0) is 18.5 Å². The molecule has 10 heteroatoms. The quantitative estimate of drug-likeness (QED) is 0.177. The van der Waals surface area contributed by atoms with E-state index >= 15 is 0 Å². The maximum atomic E-state index is 13.7. The minimum Gasteiger partial charge on any atom is -0.476 e. The Kier molecular flexibility index (Phi) is 7.21. The molecule has 4 fully saturated rings. The highest BCUT2D eigenvalue weighted by atomic mass is 32.1. The molecule has 3 aromatic heterocycles. The second-order valence-electron chi connectivity index (χ2n) is 16.1. The predicted molar refractivity (Wildman–Crippen MR) is 196 cm³/mol. The van der Waals surface area contributed by atoms with Gasteiger partial charge in [-0.05, 0) is 110 Å². The monoisotopic (exact) mass is 686 g/mol. The summed E-state index contributed by atoms with van der Waals surface area (Å²) in [6.45, 7) is 8.33. The fourth-order valence-corrected chi connectivity index (χ4v) is 11.2. The van der Waals surface area contributed by atoms with Crippen molar-refractivity contribution in [1.82, 2.24) is 19.7 Å². The fourth-order valence-electron chi connectivity index (χ4n) is 10.3. The summed E-state index contributed by atoms with van der Waals surface area (Å²) in [6, 6.07) is 17.5. The van der Waals surface area contributed by atoms with Gasteiger partial charge in [0.15, 0.2) is 10.8 Å². The van der Waals surface area contributed by atoms with Crippen LogP contribution in [0.2, 0.25) is 0 Å². The van der Waals surface area contributed by atoms with Crippen molar-refractivity contribution in [1.29, 1.82) is 0 Å². The first-order valence-corrected chi connectivity index (χ1v) is 18.7. The van der Waals surface area contributed by atoms with Crippen molar-refractivity contribution in [3.05, 3.63) is 88.9 Å². The molecule has 0 unspecified atom stereocenters. The highest BCUT2D eigenvalue weighted by Crippen LogP contribution is 2.60. The van der Waals surface area contributed by atoms with E-state index in [1.54, 1.807) is 0 Å². The number of anilines is 2. The van der Waals surface area contributed by atoms with Crippen molar-refractivity contribution >= 4 is 44.4 Å². The van der Waals surface area contributed by atoms with Crippen LogP contribution in [0.15, 0.2) is 60.8 Å². The van der Waals surface area contributed by atoms with Gasteiger partial charge in [0.1, 0.15) is 5.82 Å². The highest BCUT2D eigenvalue weighted by Gasteiger charge is 2.51. The van der Waals surface area contributed by atoms with Gasteiger partial charge in [-0.25, -0.2) is 14.8 Å². The Bertz CT molecular complexity index is 2110. The SMILES string of the molecule is Cc1c(-c2ccc(N3Cc4c(C(=O)Nc5nc6ccccc6s5)cccc4C(C)(C)C3)nc2C(=O)O)cnn1CC12CC3CC(CC(C3)C1)C2. The molecule has 10 rings (SSSR count). The van der Waals surface area contributed by atoms with Gasteiger partial charge in [0, 0.05) is 47.4 Å². The van der Waals surface area contributed by atoms with Gasteiger partial charge in [-0.15, -0.1) is 0 Å². The summed E-state index contributed by atoms with van der Waals surface area (Å²) in [4.78, 5) is 38.0. The Morgan fingerprint density at radius 2 is 1.68 bits per heavy atom. The van der Waals surface area contributed by atoms with Crippen LogP contribution in [0.4, 0.5) is 10.9 Å². The molecule has 0 spiro atoms. The number of nitrogens with one attached hydrogen (secondary N) is 1. The lowest BCUT2D eigenvalue weighted by Crippen LogP contribution is -2.48. The molecule has 4 bridgehead atoms. The molecule has 0 radical (unpaired) electrons. The number of para-hydroxylation sites is 1. The summed E-state index contributed by atoms with van der Waals surface area (Å²) in [7, 11) is 0. The van der Waals surface area contributed by atoms with E-state index in [-0.39, 0.29) is 17.0 Å². The number of hydrogen-bond acceptors (Lipinski definition) is 7. The molecule has 4 saturated carbocycles. The molecule has 2 aromatic carbocycles. The highest BCUT2D eigenvalue weighted by molar-refractivity contribution is 7.22. The minimum absolute atomic E-state index is 0.0189. The third kappa shape index (κ3) is 5.30. The van der Waals surface area contributed by atoms with Gasteiger partial charge in [0.05, 0.1) is 16.4 Å². The Labute approximate surface area is 295 Å². The number of carbonyl (C=O) groups is 2. The number of carboxylic acids is 1. The van der Waals surface area contributed by atoms with E-state index in [1.165, 1.54) is 49.9 Å². The van der Waals surface area contributed by atoms with Crippen LogP contribution in [0.3, 0.4) is 0 Å². The number of thiazole rings is 1. The number of pyridine rings is 1. The van der Waals surface area contributed by atoms with E-state index in [0.717, 1.165) is 56.9 Å². The van der Waals surface area contributed by atoms with Gasteiger partial charge in [-0.1, -0.05) is 49.4 Å². The van der Waals surface area contributed by atoms with Gasteiger partial charge < -0.3 is 10.0 Å². The second-order valence-corrected chi connectivity index (χ2v) is 17.1. The smallest absolute Gasteiger partial charge is 0.355 e. The first-order valence-electron chi connectivity index (χ1n) is 17.9. The number of aromatic nitrogens is 4. The normalized spacial score (nSPS) is 24.8. The van der Waals surface area contributed by atoms with Crippen LogP contribution in [0.25, 0.3) is 21.3 Å². The van der Waals surface area contributed by atoms with Crippen molar-refractivity contribution < 1.29 is 14.7 Å². The zero-order valence-electron chi connectivity index (χ0n) is 28.8. The topological polar surface area (TPSA) is 113 Å². The largest absolute Gasteiger partial charge is 0.476 e. The fraction of sp³-hybridized carbons (Fsp3) is 0.425. The van der Waals surface area contributed by atoms with Gasteiger partial charge in [-0.2, -0.15) is 5.10 Å². The molecule has 1 aliphatic heterocycles. The third-order valence-electron chi connectivity index (χ3n) is 12.0. The molecule has 0 saturated heterocycles. The Morgan fingerprint density at radius 3 is 2.40 bits per heavy atom. The van der Waals surface area contributed by atoms with E-state index in [1.807, 2.05) is 54.7 Å². The van der Waals surface area contributed by atoms with Crippen LogP contribution in [0.5, 0.6) is 0 Å². The number of carboxylic acid groups (broad SMARTS) is 1. The van der Waals surface area contributed by atoms with Crippen molar-refractivity contribution in [2.75, 3.05) is 16.8 Å². The zero-order valence-corrected chi connectivity index (χ0v) is 29.6.